The van der Waals surface area contributed by atoms with Gasteiger partial charge in [-0.15, -0.1) is 0 Å². The zero-order chi connectivity index (χ0) is 14.9. The quantitative estimate of drug-likeness (QED) is 0.908. The number of hydrogen-bond donors (Lipinski definition) is 2. The number of anilines is 1. The number of hydrogen-bond acceptors (Lipinski definition) is 4. The van der Waals surface area contributed by atoms with Crippen molar-refractivity contribution in [1.82, 2.24) is 15.3 Å². The van der Waals surface area contributed by atoms with Crippen LogP contribution >= 0.6 is 0 Å². The maximum atomic E-state index is 12.7. The topological polar surface area (TPSA) is 63.8 Å². The van der Waals surface area contributed by atoms with Crippen molar-refractivity contribution in [2.75, 3.05) is 12.8 Å². The molecule has 1 aromatic carbocycles. The molecule has 1 heterocycles. The summed E-state index contributed by atoms with van der Waals surface area (Å²) in [6, 6.07) is 3.46. The smallest absolute Gasteiger partial charge is 0.383 e. The molecule has 108 valence electrons. The molecule has 0 fully saturated rings. The number of nitrogens with one attached hydrogen (secondary N) is 1. The molecule has 0 bridgehead atoms. The van der Waals surface area contributed by atoms with Crippen molar-refractivity contribution >= 4 is 16.7 Å². The molecule has 0 saturated carbocycles. The number of halogens is 3. The first-order valence-electron chi connectivity index (χ1n) is 6.12. The van der Waals surface area contributed by atoms with Gasteiger partial charge in [-0.05, 0) is 32.2 Å². The van der Waals surface area contributed by atoms with Gasteiger partial charge in [-0.25, -0.2) is 9.97 Å². The fraction of sp³-hybridized carbons (Fsp3) is 0.385. The van der Waals surface area contributed by atoms with Crippen LogP contribution < -0.4 is 11.1 Å². The molecule has 0 aliphatic rings. The lowest BCUT2D eigenvalue weighted by atomic mass is 10.1. The number of nitrogens with two attached hydrogens (primary N) is 1. The third kappa shape index (κ3) is 2.98. The van der Waals surface area contributed by atoms with E-state index >= 15 is 0 Å². The van der Waals surface area contributed by atoms with Crippen molar-refractivity contribution in [2.24, 2.45) is 0 Å². The van der Waals surface area contributed by atoms with Gasteiger partial charge in [-0.2, -0.15) is 13.2 Å². The van der Waals surface area contributed by atoms with Crippen LogP contribution in [0.1, 0.15) is 18.3 Å². The van der Waals surface area contributed by atoms with Crippen molar-refractivity contribution in [3.8, 4) is 0 Å². The zero-order valence-corrected chi connectivity index (χ0v) is 11.1. The van der Waals surface area contributed by atoms with Crippen molar-refractivity contribution in [2.45, 2.75) is 25.6 Å². The Hall–Kier alpha value is -1.89. The van der Waals surface area contributed by atoms with E-state index in [9.17, 15) is 13.2 Å². The summed E-state index contributed by atoms with van der Waals surface area (Å²) < 4.78 is 38.0. The second kappa shape index (κ2) is 5.24. The number of alkyl halides is 3. The molecule has 4 nitrogen and oxygen atoms in total. The summed E-state index contributed by atoms with van der Waals surface area (Å²) in [6.45, 7) is 1.95. The fourth-order valence-corrected chi connectivity index (χ4v) is 1.85. The van der Waals surface area contributed by atoms with E-state index < -0.39 is 11.7 Å². The number of nitrogen functional groups attached to an aromatic ring is 1. The first-order chi connectivity index (χ1) is 9.31. The molecule has 0 aliphatic heterocycles. The Balaban J connectivity index is 2.47. The van der Waals surface area contributed by atoms with E-state index in [1.54, 1.807) is 0 Å². The van der Waals surface area contributed by atoms with E-state index in [0.717, 1.165) is 12.1 Å². The summed E-state index contributed by atoms with van der Waals surface area (Å²) >= 11 is 0. The third-order valence-electron chi connectivity index (χ3n) is 3.08. The Bertz CT molecular complexity index is 625. The Morgan fingerprint density at radius 3 is 2.60 bits per heavy atom. The minimum Gasteiger partial charge on any atom is -0.383 e. The Kier molecular flexibility index (Phi) is 3.80. The summed E-state index contributed by atoms with van der Waals surface area (Å²) in [5, 5.41) is 3.26. The van der Waals surface area contributed by atoms with Gasteiger partial charge in [0.25, 0.3) is 0 Å². The van der Waals surface area contributed by atoms with Gasteiger partial charge in [0.2, 0.25) is 0 Å². The van der Waals surface area contributed by atoms with Gasteiger partial charge < -0.3 is 11.1 Å². The zero-order valence-electron chi connectivity index (χ0n) is 11.1. The molecule has 0 aliphatic carbocycles. The van der Waals surface area contributed by atoms with Gasteiger partial charge in [-0.1, -0.05) is 0 Å². The molecule has 3 N–H and O–H groups in total. The van der Waals surface area contributed by atoms with Crippen LogP contribution in [0.15, 0.2) is 18.2 Å². The summed E-state index contributed by atoms with van der Waals surface area (Å²) in [4.78, 5) is 8.32. The van der Waals surface area contributed by atoms with Gasteiger partial charge in [0, 0.05) is 17.8 Å². The van der Waals surface area contributed by atoms with E-state index in [1.807, 2.05) is 14.0 Å². The van der Waals surface area contributed by atoms with Crippen LogP contribution in [0.25, 0.3) is 10.9 Å². The second-order valence-corrected chi connectivity index (χ2v) is 4.65. The first-order valence-corrected chi connectivity index (χ1v) is 6.12. The van der Waals surface area contributed by atoms with Crippen molar-refractivity contribution in [3.05, 3.63) is 29.6 Å². The normalized spacial score (nSPS) is 13.7. The molecular weight excluding hydrogens is 269 g/mol. The number of rotatable bonds is 3. The van der Waals surface area contributed by atoms with E-state index in [2.05, 4.69) is 15.3 Å². The van der Waals surface area contributed by atoms with E-state index in [4.69, 9.17) is 5.73 Å². The number of aromatic nitrogens is 2. The molecule has 0 amide bonds. The second-order valence-electron chi connectivity index (χ2n) is 4.65. The predicted molar refractivity (Wildman–Crippen MR) is 71.2 cm³/mol. The lowest BCUT2D eigenvalue weighted by Crippen LogP contribution is -2.24. The van der Waals surface area contributed by atoms with Gasteiger partial charge in [-0.3, -0.25) is 0 Å². The van der Waals surface area contributed by atoms with Gasteiger partial charge in [0.1, 0.15) is 11.6 Å². The fourth-order valence-electron chi connectivity index (χ4n) is 1.85. The predicted octanol–water partition coefficient (Wildman–Crippen LogP) is 2.38. The highest BCUT2D eigenvalue weighted by atomic mass is 19.4. The standard InChI is InChI=1S/C13H15F3N4/c1-7(18-2)5-11-19-10-4-3-8(13(14,15)16)6-9(10)12(17)20-11/h3-4,6-7,18H,5H2,1-2H3,(H2,17,19,20). The lowest BCUT2D eigenvalue weighted by molar-refractivity contribution is -0.137. The third-order valence-corrected chi connectivity index (χ3v) is 3.08. The monoisotopic (exact) mass is 284 g/mol. The molecule has 0 saturated heterocycles. The maximum absolute atomic E-state index is 12.7. The molecule has 2 rings (SSSR count). The lowest BCUT2D eigenvalue weighted by Gasteiger charge is -2.12. The minimum atomic E-state index is -4.40. The summed E-state index contributed by atoms with van der Waals surface area (Å²) in [7, 11) is 1.81. The average molecular weight is 284 g/mol. The summed E-state index contributed by atoms with van der Waals surface area (Å²) in [5.41, 5.74) is 5.41. The van der Waals surface area contributed by atoms with Gasteiger partial charge >= 0.3 is 6.18 Å². The Morgan fingerprint density at radius 2 is 2.00 bits per heavy atom. The molecule has 7 heteroatoms. The summed E-state index contributed by atoms with van der Waals surface area (Å²) in [5.74, 6) is 0.580. The number of fused-ring (bicyclic) bond motifs is 1. The van der Waals surface area contributed by atoms with Crippen LogP contribution in [0.3, 0.4) is 0 Å². The van der Waals surface area contributed by atoms with Crippen LogP contribution in [0.4, 0.5) is 19.0 Å². The number of nitrogens with zero attached hydrogens (tertiary/aromatic N) is 2. The molecular formula is C13H15F3N4. The molecule has 2 aromatic rings. The van der Waals surface area contributed by atoms with Crippen molar-refractivity contribution in [3.63, 3.8) is 0 Å². The molecule has 1 aromatic heterocycles. The Morgan fingerprint density at radius 1 is 1.30 bits per heavy atom. The highest BCUT2D eigenvalue weighted by Gasteiger charge is 2.30. The van der Waals surface area contributed by atoms with Gasteiger partial charge in [0.15, 0.2) is 0 Å². The average Bonchev–Trinajstić information content (AvgIpc) is 2.37. The van der Waals surface area contributed by atoms with Crippen LogP contribution in [0, 0.1) is 0 Å². The maximum Gasteiger partial charge on any atom is 0.416 e. The van der Waals surface area contributed by atoms with Gasteiger partial charge in [0.05, 0.1) is 11.1 Å². The molecule has 20 heavy (non-hydrogen) atoms. The molecule has 0 spiro atoms. The van der Waals surface area contributed by atoms with Crippen LogP contribution in [0.5, 0.6) is 0 Å². The summed E-state index contributed by atoms with van der Waals surface area (Å²) in [6.07, 6.45) is -3.85. The SMILES string of the molecule is CNC(C)Cc1nc(N)c2cc(C(F)(F)F)ccc2n1. The van der Waals surface area contributed by atoms with Crippen LogP contribution in [-0.4, -0.2) is 23.1 Å². The highest BCUT2D eigenvalue weighted by Crippen LogP contribution is 2.32. The van der Waals surface area contributed by atoms with Crippen LogP contribution in [0.2, 0.25) is 0 Å². The number of likely N-dealkylation sites (N-methyl/N-ethyl adjacent to an activating group) is 1. The van der Waals surface area contributed by atoms with E-state index in [0.29, 0.717) is 17.8 Å². The molecule has 1 unspecified atom stereocenters. The Labute approximate surface area is 114 Å². The molecule has 0 radical (unpaired) electrons. The van der Waals surface area contributed by atoms with Crippen LogP contribution in [-0.2, 0) is 12.6 Å². The highest BCUT2D eigenvalue weighted by molar-refractivity contribution is 5.88. The number of benzene rings is 1. The largest absolute Gasteiger partial charge is 0.416 e. The van der Waals surface area contributed by atoms with E-state index in [-0.39, 0.29) is 17.2 Å². The van der Waals surface area contributed by atoms with E-state index in [1.165, 1.54) is 6.07 Å². The van der Waals surface area contributed by atoms with Crippen molar-refractivity contribution in [1.29, 1.82) is 0 Å². The molecule has 1 atom stereocenters. The van der Waals surface area contributed by atoms with Crippen molar-refractivity contribution < 1.29 is 13.2 Å². The minimum absolute atomic E-state index is 0.0689. The first kappa shape index (κ1) is 14.5.